The minimum Gasteiger partial charge on any atom is -0.481 e. The number of halogens is 1. The molecule has 1 rings (SSSR count). The summed E-state index contributed by atoms with van der Waals surface area (Å²) >= 11 is 2.98. The van der Waals surface area contributed by atoms with Gasteiger partial charge in [-0.25, -0.2) is 8.42 Å². The molecule has 0 fully saturated rings. The maximum absolute atomic E-state index is 11.7. The van der Waals surface area contributed by atoms with Crippen LogP contribution in [0.3, 0.4) is 0 Å². The van der Waals surface area contributed by atoms with E-state index < -0.39 is 20.9 Å². The van der Waals surface area contributed by atoms with Gasteiger partial charge >= 0.3 is 5.97 Å². The smallest absolute Gasteiger partial charge is 0.303 e. The number of benzene rings is 1. The van der Waals surface area contributed by atoms with E-state index in [4.69, 9.17) is 5.11 Å². The first-order valence-corrected chi connectivity index (χ1v) is 7.82. The van der Waals surface area contributed by atoms with Gasteiger partial charge in [-0.15, -0.1) is 0 Å². The van der Waals surface area contributed by atoms with Gasteiger partial charge in [-0.1, -0.05) is 0 Å². The van der Waals surface area contributed by atoms with Crippen molar-refractivity contribution in [2.24, 2.45) is 0 Å². The number of rotatable bonds is 7. The summed E-state index contributed by atoms with van der Waals surface area (Å²) in [6, 6.07) is 3.80. The van der Waals surface area contributed by atoms with Crippen LogP contribution in [0.2, 0.25) is 0 Å². The molecule has 1 aromatic carbocycles. The van der Waals surface area contributed by atoms with Crippen LogP contribution in [0.25, 0.3) is 0 Å². The molecular weight excluding hydrogens is 356 g/mol. The summed E-state index contributed by atoms with van der Waals surface area (Å²) in [5.74, 6) is -1.46. The summed E-state index contributed by atoms with van der Waals surface area (Å²) in [6.07, 6.45) is -0.301. The van der Waals surface area contributed by atoms with Crippen molar-refractivity contribution in [2.75, 3.05) is 10.5 Å². The molecular formula is C10H11BrN2O6S. The van der Waals surface area contributed by atoms with Crippen molar-refractivity contribution in [3.63, 3.8) is 0 Å². The lowest BCUT2D eigenvalue weighted by Crippen LogP contribution is -2.17. The first-order chi connectivity index (χ1) is 9.21. The van der Waals surface area contributed by atoms with Crippen LogP contribution < -0.4 is 4.72 Å². The highest BCUT2D eigenvalue weighted by atomic mass is 79.9. The third-order valence-corrected chi connectivity index (χ3v) is 4.26. The Kier molecular flexibility index (Phi) is 5.45. The molecule has 0 bridgehead atoms. The van der Waals surface area contributed by atoms with Gasteiger partial charge < -0.3 is 5.11 Å². The van der Waals surface area contributed by atoms with Crippen molar-refractivity contribution in [2.45, 2.75) is 12.8 Å². The molecule has 0 heterocycles. The Morgan fingerprint density at radius 3 is 2.65 bits per heavy atom. The molecule has 0 unspecified atom stereocenters. The van der Waals surface area contributed by atoms with Crippen molar-refractivity contribution in [1.29, 1.82) is 0 Å². The number of sulfonamides is 1. The summed E-state index contributed by atoms with van der Waals surface area (Å²) in [6.45, 7) is 0. The largest absolute Gasteiger partial charge is 0.481 e. The predicted molar refractivity (Wildman–Crippen MR) is 75.1 cm³/mol. The van der Waals surface area contributed by atoms with E-state index in [0.717, 1.165) is 6.07 Å². The van der Waals surface area contributed by atoms with Gasteiger partial charge in [0.2, 0.25) is 10.0 Å². The monoisotopic (exact) mass is 366 g/mol. The van der Waals surface area contributed by atoms with Crippen LogP contribution in [-0.4, -0.2) is 30.2 Å². The van der Waals surface area contributed by atoms with Crippen molar-refractivity contribution in [3.8, 4) is 0 Å². The molecule has 8 nitrogen and oxygen atoms in total. The highest BCUT2D eigenvalue weighted by Crippen LogP contribution is 2.28. The maximum Gasteiger partial charge on any atom is 0.303 e. The van der Waals surface area contributed by atoms with Crippen LogP contribution in [0.5, 0.6) is 0 Å². The van der Waals surface area contributed by atoms with Gasteiger partial charge in [0.15, 0.2) is 0 Å². The number of carbonyl (C=O) groups is 1. The fraction of sp³-hybridized carbons (Fsp3) is 0.300. The lowest BCUT2D eigenvalue weighted by atomic mass is 10.3. The van der Waals surface area contributed by atoms with Crippen molar-refractivity contribution >= 4 is 43.3 Å². The number of nitro groups is 1. The van der Waals surface area contributed by atoms with E-state index in [0.29, 0.717) is 0 Å². The molecule has 10 heteroatoms. The number of anilines is 1. The summed E-state index contributed by atoms with van der Waals surface area (Å²) in [7, 11) is -3.74. The number of nitrogens with zero attached hydrogens (tertiary/aromatic N) is 1. The van der Waals surface area contributed by atoms with Gasteiger partial charge in [-0.2, -0.15) is 0 Å². The van der Waals surface area contributed by atoms with E-state index in [9.17, 15) is 23.3 Å². The van der Waals surface area contributed by atoms with Gasteiger partial charge in [0.05, 0.1) is 20.8 Å². The Morgan fingerprint density at radius 2 is 2.10 bits per heavy atom. The molecule has 0 amide bonds. The fourth-order valence-corrected chi connectivity index (χ4v) is 2.86. The quantitative estimate of drug-likeness (QED) is 0.560. The van der Waals surface area contributed by atoms with Gasteiger partial charge in [-0.05, 0) is 34.5 Å². The van der Waals surface area contributed by atoms with E-state index in [2.05, 4.69) is 20.7 Å². The minimum atomic E-state index is -3.74. The van der Waals surface area contributed by atoms with Crippen LogP contribution in [0.15, 0.2) is 22.7 Å². The molecule has 0 saturated carbocycles. The molecule has 110 valence electrons. The molecule has 20 heavy (non-hydrogen) atoms. The Hall–Kier alpha value is -1.68. The van der Waals surface area contributed by atoms with Gasteiger partial charge in [0.1, 0.15) is 0 Å². The average molecular weight is 367 g/mol. The molecule has 0 aliphatic carbocycles. The van der Waals surface area contributed by atoms with Crippen molar-refractivity contribution < 1.29 is 23.2 Å². The van der Waals surface area contributed by atoms with E-state index in [1.807, 2.05) is 0 Å². The molecule has 1 aromatic rings. The van der Waals surface area contributed by atoms with Crippen molar-refractivity contribution in [3.05, 3.63) is 32.8 Å². The number of hydrogen-bond acceptors (Lipinski definition) is 5. The van der Waals surface area contributed by atoms with E-state index in [1.165, 1.54) is 12.1 Å². The van der Waals surface area contributed by atoms with Gasteiger partial charge in [0, 0.05) is 12.5 Å². The minimum absolute atomic E-state index is 0.0384. The third kappa shape index (κ3) is 5.13. The Labute approximate surface area is 123 Å². The molecule has 2 N–H and O–H groups in total. The topological polar surface area (TPSA) is 127 Å². The zero-order chi connectivity index (χ0) is 15.3. The zero-order valence-corrected chi connectivity index (χ0v) is 12.5. The van der Waals surface area contributed by atoms with Crippen LogP contribution in [0.4, 0.5) is 11.4 Å². The summed E-state index contributed by atoms with van der Waals surface area (Å²) in [4.78, 5) is 20.4. The summed E-state index contributed by atoms with van der Waals surface area (Å²) < 4.78 is 25.7. The molecule has 0 radical (unpaired) electrons. The number of hydrogen-bond donors (Lipinski definition) is 2. The summed E-state index contributed by atoms with van der Waals surface area (Å²) in [5, 5.41) is 19.2. The number of carboxylic acids is 1. The second kappa shape index (κ2) is 6.66. The first kappa shape index (κ1) is 16.4. The van der Waals surface area contributed by atoms with E-state index in [-0.39, 0.29) is 34.4 Å². The number of nitro benzene ring substituents is 1. The normalized spacial score (nSPS) is 11.1. The average Bonchev–Trinajstić information content (AvgIpc) is 2.30. The lowest BCUT2D eigenvalue weighted by Gasteiger charge is -2.07. The van der Waals surface area contributed by atoms with Gasteiger partial charge in [0.25, 0.3) is 5.69 Å². The second-order valence-electron chi connectivity index (χ2n) is 3.84. The van der Waals surface area contributed by atoms with Crippen LogP contribution in [0, 0.1) is 10.1 Å². The third-order valence-electron chi connectivity index (χ3n) is 2.22. The molecule has 0 saturated heterocycles. The molecule has 0 spiro atoms. The molecule has 0 aromatic heterocycles. The number of aliphatic carboxylic acids is 1. The Balaban J connectivity index is 2.79. The standard InChI is InChI=1S/C10H11BrN2O6S/c11-8-4-3-7(6-9(8)13(16)17)12-20(18,19)5-1-2-10(14)15/h3-4,6,12H,1-2,5H2,(H,14,15). The number of carboxylic acid groups (broad SMARTS) is 1. The molecule has 0 atom stereocenters. The van der Waals surface area contributed by atoms with Crippen LogP contribution in [-0.2, 0) is 14.8 Å². The van der Waals surface area contributed by atoms with E-state index in [1.54, 1.807) is 0 Å². The summed E-state index contributed by atoms with van der Waals surface area (Å²) in [5.41, 5.74) is -0.217. The van der Waals surface area contributed by atoms with E-state index >= 15 is 0 Å². The highest BCUT2D eigenvalue weighted by molar-refractivity contribution is 9.10. The number of nitrogens with one attached hydrogen (secondary N) is 1. The zero-order valence-electron chi connectivity index (χ0n) is 10.1. The fourth-order valence-electron chi connectivity index (χ4n) is 1.36. The molecule has 0 aliphatic heterocycles. The SMILES string of the molecule is O=C(O)CCCS(=O)(=O)Nc1ccc(Br)c([N+](=O)[O-])c1. The molecule has 0 aliphatic rings. The van der Waals surface area contributed by atoms with Crippen LogP contribution in [0.1, 0.15) is 12.8 Å². The van der Waals surface area contributed by atoms with Gasteiger partial charge in [-0.3, -0.25) is 19.6 Å². The first-order valence-electron chi connectivity index (χ1n) is 5.37. The second-order valence-corrected chi connectivity index (χ2v) is 6.54. The van der Waals surface area contributed by atoms with Crippen LogP contribution >= 0.6 is 15.9 Å². The maximum atomic E-state index is 11.7. The Morgan fingerprint density at radius 1 is 1.45 bits per heavy atom. The Bertz CT molecular complexity index is 631. The van der Waals surface area contributed by atoms with Crippen molar-refractivity contribution in [1.82, 2.24) is 0 Å². The highest BCUT2D eigenvalue weighted by Gasteiger charge is 2.16. The predicted octanol–water partition coefficient (Wildman–Crippen LogP) is 1.96. The lowest BCUT2D eigenvalue weighted by molar-refractivity contribution is -0.385.